The molecule has 0 unspecified atom stereocenters. The van der Waals surface area contributed by atoms with Gasteiger partial charge in [0.15, 0.2) is 0 Å². The Balaban J connectivity index is 2.51. The maximum atomic E-state index is 4.50. The van der Waals surface area contributed by atoms with Crippen LogP contribution in [0.5, 0.6) is 0 Å². The Morgan fingerprint density at radius 2 is 1.89 bits per heavy atom. The van der Waals surface area contributed by atoms with Gasteiger partial charge in [0.2, 0.25) is 0 Å². The van der Waals surface area contributed by atoms with Gasteiger partial charge >= 0.3 is 0 Å². The smallest absolute Gasteiger partial charge is 0.0602 e. The van der Waals surface area contributed by atoms with Crippen molar-refractivity contribution < 1.29 is 0 Å². The minimum atomic E-state index is -0.355. The molecule has 0 bridgehead atoms. The van der Waals surface area contributed by atoms with Crippen LogP contribution in [0.4, 0.5) is 0 Å². The second-order valence-corrected chi connectivity index (χ2v) is 9.72. The Morgan fingerprint density at radius 3 is 2.44 bits per heavy atom. The molecule has 1 nitrogen and oxygen atoms in total. The van der Waals surface area contributed by atoms with E-state index in [0.29, 0.717) is 5.04 Å². The molecule has 0 fully saturated rings. The van der Waals surface area contributed by atoms with E-state index in [1.54, 1.807) is 0 Å². The van der Waals surface area contributed by atoms with Gasteiger partial charge in [-0.2, -0.15) is 0 Å². The number of aromatic nitrogens is 1. The first-order valence-corrected chi connectivity index (χ1v) is 9.20. The number of pyridine rings is 1. The summed E-state index contributed by atoms with van der Waals surface area (Å²) in [6, 6.07) is 8.96. The van der Waals surface area contributed by atoms with Crippen LogP contribution in [0, 0.1) is 0 Å². The molecule has 1 aromatic rings. The second-order valence-electron chi connectivity index (χ2n) is 6.16. The first kappa shape index (κ1) is 15.4. The summed E-state index contributed by atoms with van der Waals surface area (Å²) in [5, 5.41) is 0.481. The van der Waals surface area contributed by atoms with E-state index in [9.17, 15) is 0 Å². The third-order valence-corrected chi connectivity index (χ3v) is 7.38. The molecule has 0 N–H and O–H groups in total. The summed E-state index contributed by atoms with van der Waals surface area (Å²) in [5.41, 5.74) is 1.29. The van der Waals surface area contributed by atoms with Gasteiger partial charge in [-0.3, -0.25) is 4.98 Å². The summed E-state index contributed by atoms with van der Waals surface area (Å²) < 4.78 is 0. The average molecular weight is 262 g/mol. The largest absolute Gasteiger partial charge is 0.262 e. The van der Waals surface area contributed by atoms with Crippen LogP contribution in [0.2, 0.25) is 11.1 Å². The molecule has 0 amide bonds. The molecule has 0 atom stereocenters. The molecular weight excluding hydrogens is 234 g/mol. The molecule has 1 radical (unpaired) electrons. The quantitative estimate of drug-likeness (QED) is 0.495. The fraction of sp³-hybridized carbons (Fsp3) is 0.688. The number of hydrogen-bond acceptors (Lipinski definition) is 1. The first-order valence-electron chi connectivity index (χ1n) is 7.29. The first-order chi connectivity index (χ1) is 8.54. The summed E-state index contributed by atoms with van der Waals surface area (Å²) in [6.45, 7) is 9.50. The van der Waals surface area contributed by atoms with E-state index >= 15 is 0 Å². The SMILES string of the molecule is CCCCCC[Si](Cc1ccccn1)C(C)(C)C. The van der Waals surface area contributed by atoms with E-state index in [1.165, 1.54) is 43.5 Å². The van der Waals surface area contributed by atoms with Gasteiger partial charge in [0.1, 0.15) is 0 Å². The van der Waals surface area contributed by atoms with Crippen molar-refractivity contribution in [2.45, 2.75) is 70.5 Å². The molecule has 0 aromatic carbocycles. The van der Waals surface area contributed by atoms with E-state index in [1.807, 2.05) is 12.3 Å². The van der Waals surface area contributed by atoms with Crippen molar-refractivity contribution in [3.05, 3.63) is 30.1 Å². The lowest BCUT2D eigenvalue weighted by Gasteiger charge is -2.29. The lowest BCUT2D eigenvalue weighted by Crippen LogP contribution is -2.28. The second kappa shape index (κ2) is 7.73. The maximum absolute atomic E-state index is 4.50. The fourth-order valence-corrected chi connectivity index (χ4v) is 5.00. The van der Waals surface area contributed by atoms with Crippen molar-refractivity contribution in [1.29, 1.82) is 0 Å². The normalized spacial score (nSPS) is 12.1. The molecule has 18 heavy (non-hydrogen) atoms. The zero-order valence-corrected chi connectivity index (χ0v) is 13.5. The highest BCUT2D eigenvalue weighted by molar-refractivity contribution is 6.61. The molecule has 0 spiro atoms. The minimum Gasteiger partial charge on any atom is -0.262 e. The number of nitrogens with zero attached hydrogens (tertiary/aromatic N) is 1. The van der Waals surface area contributed by atoms with E-state index < -0.39 is 0 Å². The standard InChI is InChI=1S/C16H28NSi/c1-5-6-7-10-13-18(16(2,3)4)14-15-11-8-9-12-17-15/h8-9,11-12H,5-7,10,13-14H2,1-4H3. The van der Waals surface area contributed by atoms with Crippen molar-refractivity contribution in [2.24, 2.45) is 0 Å². The highest BCUT2D eigenvalue weighted by Gasteiger charge is 2.26. The van der Waals surface area contributed by atoms with Crippen molar-refractivity contribution in [2.75, 3.05) is 0 Å². The number of unbranched alkanes of at least 4 members (excludes halogenated alkanes) is 3. The predicted molar refractivity (Wildman–Crippen MR) is 82.4 cm³/mol. The van der Waals surface area contributed by atoms with Gasteiger partial charge in [-0.1, -0.05) is 65.5 Å². The molecule has 1 heterocycles. The fourth-order valence-electron chi connectivity index (χ4n) is 2.22. The summed E-state index contributed by atoms with van der Waals surface area (Å²) in [5.74, 6) is 0. The van der Waals surface area contributed by atoms with Gasteiger partial charge < -0.3 is 0 Å². The zero-order chi connectivity index (χ0) is 13.4. The average Bonchev–Trinajstić information content (AvgIpc) is 2.33. The maximum Gasteiger partial charge on any atom is 0.0602 e. The Kier molecular flexibility index (Phi) is 6.62. The molecule has 101 valence electrons. The van der Waals surface area contributed by atoms with Crippen LogP contribution in [-0.4, -0.2) is 13.8 Å². The van der Waals surface area contributed by atoms with Crippen LogP contribution in [0.15, 0.2) is 24.4 Å². The van der Waals surface area contributed by atoms with Crippen LogP contribution in [-0.2, 0) is 6.04 Å². The molecule has 1 aromatic heterocycles. The van der Waals surface area contributed by atoms with Gasteiger partial charge in [-0.05, 0) is 23.2 Å². The topological polar surface area (TPSA) is 12.9 Å². The Bertz CT molecular complexity index is 316. The lowest BCUT2D eigenvalue weighted by atomic mass is 10.2. The Labute approximate surface area is 115 Å². The molecule has 0 aliphatic rings. The van der Waals surface area contributed by atoms with Crippen LogP contribution in [0.1, 0.15) is 59.1 Å². The van der Waals surface area contributed by atoms with Crippen molar-refractivity contribution >= 4 is 8.80 Å². The number of rotatable bonds is 7. The summed E-state index contributed by atoms with van der Waals surface area (Å²) >= 11 is 0. The Morgan fingerprint density at radius 1 is 1.11 bits per heavy atom. The van der Waals surface area contributed by atoms with E-state index in [-0.39, 0.29) is 8.80 Å². The monoisotopic (exact) mass is 262 g/mol. The van der Waals surface area contributed by atoms with Gasteiger partial charge in [-0.15, -0.1) is 0 Å². The molecule has 0 saturated carbocycles. The predicted octanol–water partition coefficient (Wildman–Crippen LogP) is 5.04. The van der Waals surface area contributed by atoms with Gasteiger partial charge in [0, 0.05) is 11.9 Å². The van der Waals surface area contributed by atoms with Gasteiger partial charge in [0.05, 0.1) is 8.80 Å². The highest BCUT2D eigenvalue weighted by Crippen LogP contribution is 2.32. The van der Waals surface area contributed by atoms with E-state index in [2.05, 4.69) is 44.8 Å². The third-order valence-electron chi connectivity index (χ3n) is 3.51. The number of hydrogen-bond donors (Lipinski definition) is 0. The molecular formula is C16H28NSi. The zero-order valence-electron chi connectivity index (χ0n) is 12.5. The van der Waals surface area contributed by atoms with Crippen molar-refractivity contribution in [3.8, 4) is 0 Å². The van der Waals surface area contributed by atoms with Crippen LogP contribution >= 0.6 is 0 Å². The molecule has 0 saturated heterocycles. The van der Waals surface area contributed by atoms with Crippen LogP contribution in [0.25, 0.3) is 0 Å². The van der Waals surface area contributed by atoms with Crippen LogP contribution < -0.4 is 0 Å². The molecule has 2 heteroatoms. The third kappa shape index (κ3) is 5.81. The van der Waals surface area contributed by atoms with Crippen molar-refractivity contribution in [3.63, 3.8) is 0 Å². The van der Waals surface area contributed by atoms with E-state index in [0.717, 1.165) is 0 Å². The summed E-state index contributed by atoms with van der Waals surface area (Å²) in [7, 11) is -0.355. The summed E-state index contributed by atoms with van der Waals surface area (Å²) in [6.07, 6.45) is 7.46. The van der Waals surface area contributed by atoms with Gasteiger partial charge in [0.25, 0.3) is 0 Å². The van der Waals surface area contributed by atoms with Crippen molar-refractivity contribution in [1.82, 2.24) is 4.98 Å². The summed E-state index contributed by atoms with van der Waals surface area (Å²) in [4.78, 5) is 4.50. The molecule has 0 aliphatic heterocycles. The van der Waals surface area contributed by atoms with Gasteiger partial charge in [-0.25, -0.2) is 0 Å². The van der Waals surface area contributed by atoms with Crippen LogP contribution in [0.3, 0.4) is 0 Å². The minimum absolute atomic E-state index is 0.355. The van der Waals surface area contributed by atoms with E-state index in [4.69, 9.17) is 0 Å². The molecule has 1 rings (SSSR count). The highest BCUT2D eigenvalue weighted by atomic mass is 28.3. The lowest BCUT2D eigenvalue weighted by molar-refractivity contribution is 0.673. The molecule has 0 aliphatic carbocycles. The Hall–Kier alpha value is -0.633.